The Bertz CT molecular complexity index is 3030. The first-order chi connectivity index (χ1) is 28.0. The third-order valence-electron chi connectivity index (χ3n) is 13.2. The quantitative estimate of drug-likeness (QED) is 0.175. The predicted molar refractivity (Wildman–Crippen MR) is 238 cm³/mol. The summed E-state index contributed by atoms with van der Waals surface area (Å²) in [7, 11) is 0. The molecule has 0 heterocycles. The van der Waals surface area contributed by atoms with Crippen LogP contribution in [0.25, 0.3) is 55.3 Å². The van der Waals surface area contributed by atoms with Gasteiger partial charge in [-0.25, -0.2) is 0 Å². The largest absolute Gasteiger partial charge is 0.310 e. The first kappa shape index (κ1) is 32.3. The van der Waals surface area contributed by atoms with Gasteiger partial charge in [0.05, 0.1) is 5.41 Å². The molecule has 0 atom stereocenters. The van der Waals surface area contributed by atoms with Gasteiger partial charge in [0.1, 0.15) is 0 Å². The lowest BCUT2D eigenvalue weighted by atomic mass is 9.70. The van der Waals surface area contributed by atoms with Crippen LogP contribution in [-0.4, -0.2) is 0 Å². The molecule has 268 valence electrons. The van der Waals surface area contributed by atoms with E-state index >= 15 is 0 Å². The number of anilines is 3. The van der Waals surface area contributed by atoms with Crippen LogP contribution in [0.4, 0.5) is 17.1 Å². The number of rotatable bonds is 4. The summed E-state index contributed by atoms with van der Waals surface area (Å²) in [5.41, 5.74) is 21.5. The molecule has 0 fully saturated rings. The summed E-state index contributed by atoms with van der Waals surface area (Å²) in [6, 6.07) is 74.8. The molecule has 57 heavy (non-hydrogen) atoms. The van der Waals surface area contributed by atoms with Crippen LogP contribution in [0.15, 0.2) is 200 Å². The lowest BCUT2D eigenvalue weighted by Gasteiger charge is -2.32. The molecule has 0 saturated carbocycles. The van der Waals surface area contributed by atoms with Gasteiger partial charge in [-0.1, -0.05) is 172 Å². The smallest absolute Gasteiger partial charge is 0.0726 e. The highest BCUT2D eigenvalue weighted by atomic mass is 15.1. The second-order valence-electron chi connectivity index (χ2n) is 16.4. The van der Waals surface area contributed by atoms with Gasteiger partial charge in [-0.3, -0.25) is 0 Å². The second-order valence-corrected chi connectivity index (χ2v) is 16.4. The summed E-state index contributed by atoms with van der Waals surface area (Å²) in [5, 5.41) is 2.63. The van der Waals surface area contributed by atoms with Gasteiger partial charge in [0.2, 0.25) is 0 Å². The molecule has 0 radical (unpaired) electrons. The molecule has 9 aromatic rings. The Kier molecular flexibility index (Phi) is 6.67. The van der Waals surface area contributed by atoms with E-state index in [0.29, 0.717) is 0 Å². The van der Waals surface area contributed by atoms with Crippen molar-refractivity contribution in [1.82, 2.24) is 0 Å². The fourth-order valence-electron chi connectivity index (χ4n) is 10.9. The van der Waals surface area contributed by atoms with Crippen molar-refractivity contribution >= 4 is 27.8 Å². The monoisotopic (exact) mass is 725 g/mol. The van der Waals surface area contributed by atoms with Crippen LogP contribution in [0.5, 0.6) is 0 Å². The summed E-state index contributed by atoms with van der Waals surface area (Å²) in [5.74, 6) is 0. The van der Waals surface area contributed by atoms with Crippen LogP contribution in [0.1, 0.15) is 47.2 Å². The van der Waals surface area contributed by atoms with E-state index in [2.05, 4.69) is 219 Å². The SMILES string of the molecule is CC1(C)c2ccc(N(c3ccccc3)c3ccc4c(c3)C3(c5ccccc5-c5ccccc53)c3ccccc3-4)cc2-c2cc(-c3ccccc3)c3ccccc3c21. The first-order valence-electron chi connectivity index (χ1n) is 20.1. The molecule has 0 aromatic heterocycles. The summed E-state index contributed by atoms with van der Waals surface area (Å²) < 4.78 is 0. The molecule has 0 unspecified atom stereocenters. The average molecular weight is 726 g/mol. The Hall–Kier alpha value is -6.96. The molecule has 9 aromatic carbocycles. The molecule has 0 amide bonds. The zero-order valence-electron chi connectivity index (χ0n) is 32.0. The summed E-state index contributed by atoms with van der Waals surface area (Å²) in [6.07, 6.45) is 0. The van der Waals surface area contributed by atoms with Crippen molar-refractivity contribution in [2.24, 2.45) is 0 Å². The van der Waals surface area contributed by atoms with Crippen molar-refractivity contribution in [2.75, 3.05) is 4.90 Å². The molecule has 0 N–H and O–H groups in total. The van der Waals surface area contributed by atoms with E-state index in [-0.39, 0.29) is 5.41 Å². The zero-order chi connectivity index (χ0) is 37.9. The van der Waals surface area contributed by atoms with Crippen molar-refractivity contribution in [1.29, 1.82) is 0 Å². The van der Waals surface area contributed by atoms with Crippen LogP contribution in [-0.2, 0) is 10.8 Å². The fourth-order valence-corrected chi connectivity index (χ4v) is 10.9. The number of benzene rings is 9. The minimum atomic E-state index is -0.409. The van der Waals surface area contributed by atoms with E-state index in [4.69, 9.17) is 0 Å². The van der Waals surface area contributed by atoms with Gasteiger partial charge in [-0.05, 0) is 131 Å². The Morgan fingerprint density at radius 3 is 1.47 bits per heavy atom. The van der Waals surface area contributed by atoms with E-state index in [9.17, 15) is 0 Å². The highest BCUT2D eigenvalue weighted by molar-refractivity contribution is 6.06. The molecule has 12 rings (SSSR count). The Labute approximate surface area is 334 Å². The minimum absolute atomic E-state index is 0.162. The van der Waals surface area contributed by atoms with Crippen LogP contribution in [0.2, 0.25) is 0 Å². The summed E-state index contributed by atoms with van der Waals surface area (Å²) >= 11 is 0. The lowest BCUT2D eigenvalue weighted by Crippen LogP contribution is -2.26. The van der Waals surface area contributed by atoms with Gasteiger partial charge in [0, 0.05) is 22.5 Å². The Balaban J connectivity index is 1.10. The summed E-state index contributed by atoms with van der Waals surface area (Å²) in [6.45, 7) is 4.80. The van der Waals surface area contributed by atoms with E-state index < -0.39 is 5.41 Å². The standard InChI is InChI=1S/C56H39N/c1-55(2)49-32-30-38(33-47(49)48-35-46(36-17-5-3-6-18-36)40-21-9-10-25-45(40)54(48)55)57(37-19-7-4-8-20-37)39-29-31-44-43-24-13-16-28-52(43)56(53(44)34-39)50-26-14-11-22-41(50)42-23-12-15-27-51(42)56/h3-35H,1-2H3. The molecule has 3 aliphatic rings. The highest BCUT2D eigenvalue weighted by Crippen LogP contribution is 2.63. The maximum Gasteiger partial charge on any atom is 0.0726 e. The van der Waals surface area contributed by atoms with Crippen LogP contribution in [0, 0.1) is 0 Å². The molecule has 3 aliphatic carbocycles. The van der Waals surface area contributed by atoms with E-state index in [1.165, 1.54) is 88.7 Å². The number of hydrogen-bond donors (Lipinski definition) is 0. The minimum Gasteiger partial charge on any atom is -0.310 e. The van der Waals surface area contributed by atoms with Crippen molar-refractivity contribution in [3.05, 3.63) is 234 Å². The topological polar surface area (TPSA) is 3.24 Å². The molecular formula is C56H39N. The van der Waals surface area contributed by atoms with Gasteiger partial charge in [0.15, 0.2) is 0 Å². The van der Waals surface area contributed by atoms with Crippen molar-refractivity contribution in [2.45, 2.75) is 24.7 Å². The zero-order valence-corrected chi connectivity index (χ0v) is 32.0. The maximum absolute atomic E-state index is 2.49. The molecule has 1 spiro atoms. The van der Waals surface area contributed by atoms with Gasteiger partial charge in [-0.15, -0.1) is 0 Å². The van der Waals surface area contributed by atoms with Crippen LogP contribution < -0.4 is 4.90 Å². The van der Waals surface area contributed by atoms with Gasteiger partial charge < -0.3 is 4.90 Å². The number of fused-ring (bicyclic) bond motifs is 15. The maximum atomic E-state index is 2.49. The number of para-hydroxylation sites is 1. The molecule has 0 aliphatic heterocycles. The van der Waals surface area contributed by atoms with Crippen LogP contribution in [0.3, 0.4) is 0 Å². The Morgan fingerprint density at radius 1 is 0.316 bits per heavy atom. The van der Waals surface area contributed by atoms with E-state index in [0.717, 1.165) is 17.1 Å². The van der Waals surface area contributed by atoms with E-state index in [1.54, 1.807) is 0 Å². The third-order valence-corrected chi connectivity index (χ3v) is 13.2. The van der Waals surface area contributed by atoms with Gasteiger partial charge in [-0.2, -0.15) is 0 Å². The molecule has 0 saturated heterocycles. The van der Waals surface area contributed by atoms with E-state index in [1.807, 2.05) is 0 Å². The summed E-state index contributed by atoms with van der Waals surface area (Å²) in [4.78, 5) is 2.47. The molecule has 1 heteroatoms. The predicted octanol–water partition coefficient (Wildman–Crippen LogP) is 14.6. The van der Waals surface area contributed by atoms with Crippen molar-refractivity contribution < 1.29 is 0 Å². The fraction of sp³-hybridized carbons (Fsp3) is 0.0714. The molecule has 0 bridgehead atoms. The average Bonchev–Trinajstić information content (AvgIpc) is 3.82. The third kappa shape index (κ3) is 4.29. The van der Waals surface area contributed by atoms with Crippen molar-refractivity contribution in [3.8, 4) is 44.5 Å². The lowest BCUT2D eigenvalue weighted by molar-refractivity contribution is 0.666. The van der Waals surface area contributed by atoms with Gasteiger partial charge in [0.25, 0.3) is 0 Å². The van der Waals surface area contributed by atoms with Crippen molar-refractivity contribution in [3.63, 3.8) is 0 Å². The van der Waals surface area contributed by atoms with Gasteiger partial charge >= 0.3 is 0 Å². The molecular weight excluding hydrogens is 687 g/mol. The Morgan fingerprint density at radius 2 is 0.825 bits per heavy atom. The number of nitrogens with zero attached hydrogens (tertiary/aromatic N) is 1. The first-order valence-corrected chi connectivity index (χ1v) is 20.1. The normalized spacial score (nSPS) is 14.4. The molecule has 1 nitrogen and oxygen atoms in total. The second kappa shape index (κ2) is 11.8. The highest BCUT2D eigenvalue weighted by Gasteiger charge is 2.51. The van der Waals surface area contributed by atoms with Crippen LogP contribution >= 0.6 is 0 Å². The number of hydrogen-bond acceptors (Lipinski definition) is 1.